The summed E-state index contributed by atoms with van der Waals surface area (Å²) in [6, 6.07) is 12.6. The highest BCUT2D eigenvalue weighted by atomic mass is 16.5. The molecule has 0 fully saturated rings. The Bertz CT molecular complexity index is 600. The van der Waals surface area contributed by atoms with Crippen molar-refractivity contribution in [2.45, 2.75) is 0 Å². The maximum Gasteiger partial charge on any atom is 0.336 e. The number of phenolic OH excluding ortho intramolecular Hbond substituents is 2. The van der Waals surface area contributed by atoms with Gasteiger partial charge in [-0.2, -0.15) is 0 Å². The summed E-state index contributed by atoms with van der Waals surface area (Å²) in [5.41, 5.74) is 0.757. The van der Waals surface area contributed by atoms with Gasteiger partial charge in [0.2, 0.25) is 0 Å². The summed E-state index contributed by atoms with van der Waals surface area (Å²) in [5, 5.41) is 18.6. The Hall–Kier alpha value is -2.75. The van der Waals surface area contributed by atoms with Crippen LogP contribution in [0.5, 0.6) is 17.2 Å². The number of carbonyl (C=O) groups is 1. The fourth-order valence-corrected chi connectivity index (χ4v) is 1.44. The molecule has 2 N–H and O–H groups in total. The Morgan fingerprint density at radius 3 is 2.37 bits per heavy atom. The molecule has 0 amide bonds. The number of rotatable bonds is 3. The third kappa shape index (κ3) is 3.61. The predicted molar refractivity (Wildman–Crippen MR) is 70.9 cm³/mol. The minimum absolute atomic E-state index is 0.0890. The largest absolute Gasteiger partial charge is 0.508 e. The van der Waals surface area contributed by atoms with Gasteiger partial charge in [0.25, 0.3) is 0 Å². The van der Waals surface area contributed by atoms with Gasteiger partial charge in [0.1, 0.15) is 5.75 Å². The molecule has 0 aromatic heterocycles. The van der Waals surface area contributed by atoms with E-state index in [4.69, 9.17) is 9.84 Å². The molecule has 0 saturated carbocycles. The molecule has 0 aliphatic carbocycles. The van der Waals surface area contributed by atoms with Gasteiger partial charge in [0, 0.05) is 6.08 Å². The first kappa shape index (κ1) is 12.7. The van der Waals surface area contributed by atoms with E-state index in [-0.39, 0.29) is 17.2 Å². The van der Waals surface area contributed by atoms with Gasteiger partial charge in [-0.15, -0.1) is 0 Å². The van der Waals surface area contributed by atoms with Gasteiger partial charge < -0.3 is 14.9 Å². The number of aromatic hydroxyl groups is 2. The van der Waals surface area contributed by atoms with E-state index >= 15 is 0 Å². The molecule has 0 heterocycles. The van der Waals surface area contributed by atoms with Gasteiger partial charge >= 0.3 is 5.97 Å². The lowest BCUT2D eigenvalue weighted by molar-refractivity contribution is -0.129. The van der Waals surface area contributed by atoms with Crippen molar-refractivity contribution in [3.63, 3.8) is 0 Å². The van der Waals surface area contributed by atoms with E-state index in [1.54, 1.807) is 30.3 Å². The van der Waals surface area contributed by atoms with Gasteiger partial charge in [-0.1, -0.05) is 24.3 Å². The summed E-state index contributed by atoms with van der Waals surface area (Å²) in [5.74, 6) is -0.403. The Balaban J connectivity index is 2.02. The summed E-state index contributed by atoms with van der Waals surface area (Å²) in [6.45, 7) is 0. The van der Waals surface area contributed by atoms with E-state index in [2.05, 4.69) is 0 Å². The van der Waals surface area contributed by atoms with Crippen LogP contribution >= 0.6 is 0 Å². The van der Waals surface area contributed by atoms with Crippen molar-refractivity contribution in [1.82, 2.24) is 0 Å². The zero-order chi connectivity index (χ0) is 13.7. The SMILES string of the molecule is O=C(/C=C/c1ccc(O)cc1)Oc1ccccc1O. The zero-order valence-electron chi connectivity index (χ0n) is 9.98. The zero-order valence-corrected chi connectivity index (χ0v) is 9.98. The minimum Gasteiger partial charge on any atom is -0.508 e. The predicted octanol–water partition coefficient (Wildman–Crippen LogP) is 2.72. The number of carbonyl (C=O) groups excluding carboxylic acids is 1. The van der Waals surface area contributed by atoms with Crippen molar-refractivity contribution < 1.29 is 19.7 Å². The van der Waals surface area contributed by atoms with Crippen LogP contribution in [0.3, 0.4) is 0 Å². The quantitative estimate of drug-likeness (QED) is 0.503. The van der Waals surface area contributed by atoms with Crippen molar-refractivity contribution in [2.24, 2.45) is 0 Å². The van der Waals surface area contributed by atoms with Crippen LogP contribution in [0, 0.1) is 0 Å². The molecule has 0 unspecified atom stereocenters. The number of phenols is 2. The molecule has 0 saturated heterocycles. The van der Waals surface area contributed by atoms with Crippen LogP contribution in [0.1, 0.15) is 5.56 Å². The molecule has 2 rings (SSSR count). The molecule has 0 aliphatic heterocycles. The lowest BCUT2D eigenvalue weighted by atomic mass is 10.2. The second kappa shape index (κ2) is 5.73. The van der Waals surface area contributed by atoms with Crippen LogP contribution < -0.4 is 4.74 Å². The molecule has 0 spiro atoms. The van der Waals surface area contributed by atoms with Crippen molar-refractivity contribution in [3.8, 4) is 17.2 Å². The van der Waals surface area contributed by atoms with Gasteiger partial charge in [-0.25, -0.2) is 4.79 Å². The van der Waals surface area contributed by atoms with E-state index in [0.29, 0.717) is 0 Å². The molecule has 4 nitrogen and oxygen atoms in total. The maximum atomic E-state index is 11.5. The molecule has 2 aromatic carbocycles. The van der Waals surface area contributed by atoms with Crippen molar-refractivity contribution in [2.75, 3.05) is 0 Å². The maximum absolute atomic E-state index is 11.5. The average Bonchev–Trinajstić information content (AvgIpc) is 2.41. The molecule has 96 valence electrons. The average molecular weight is 256 g/mol. The Morgan fingerprint density at radius 2 is 1.68 bits per heavy atom. The lowest BCUT2D eigenvalue weighted by Crippen LogP contribution is -2.03. The van der Waals surface area contributed by atoms with Gasteiger partial charge in [-0.3, -0.25) is 0 Å². The highest BCUT2D eigenvalue weighted by Gasteiger charge is 2.04. The van der Waals surface area contributed by atoms with E-state index in [1.807, 2.05) is 0 Å². The Morgan fingerprint density at radius 1 is 1.00 bits per heavy atom. The topological polar surface area (TPSA) is 66.8 Å². The number of hydrogen-bond donors (Lipinski definition) is 2. The number of hydrogen-bond acceptors (Lipinski definition) is 4. The first-order chi connectivity index (χ1) is 9.15. The Labute approximate surface area is 110 Å². The fraction of sp³-hybridized carbons (Fsp3) is 0. The van der Waals surface area contributed by atoms with Crippen LogP contribution in [0.2, 0.25) is 0 Å². The third-order valence-corrected chi connectivity index (χ3v) is 2.38. The lowest BCUT2D eigenvalue weighted by Gasteiger charge is -2.02. The summed E-state index contributed by atoms with van der Waals surface area (Å²) in [7, 11) is 0. The van der Waals surface area contributed by atoms with Crippen LogP contribution in [-0.4, -0.2) is 16.2 Å². The second-order valence-electron chi connectivity index (χ2n) is 3.81. The van der Waals surface area contributed by atoms with Crippen molar-refractivity contribution in [3.05, 3.63) is 60.2 Å². The van der Waals surface area contributed by atoms with E-state index in [9.17, 15) is 9.90 Å². The summed E-state index contributed by atoms with van der Waals surface area (Å²) >= 11 is 0. The molecule has 0 radical (unpaired) electrons. The molecular formula is C15H12O4. The van der Waals surface area contributed by atoms with Gasteiger partial charge in [-0.05, 0) is 35.9 Å². The van der Waals surface area contributed by atoms with Crippen LogP contribution in [-0.2, 0) is 4.79 Å². The fourth-order valence-electron chi connectivity index (χ4n) is 1.44. The molecule has 0 bridgehead atoms. The first-order valence-corrected chi connectivity index (χ1v) is 5.62. The summed E-state index contributed by atoms with van der Waals surface area (Å²) in [6.07, 6.45) is 2.81. The van der Waals surface area contributed by atoms with Gasteiger partial charge in [0.05, 0.1) is 0 Å². The molecular weight excluding hydrogens is 244 g/mol. The molecule has 19 heavy (non-hydrogen) atoms. The molecule has 0 aliphatic rings. The highest BCUT2D eigenvalue weighted by Crippen LogP contribution is 2.24. The van der Waals surface area contributed by atoms with Gasteiger partial charge in [0.15, 0.2) is 11.5 Å². The van der Waals surface area contributed by atoms with Crippen LogP contribution in [0.4, 0.5) is 0 Å². The van der Waals surface area contributed by atoms with E-state index < -0.39 is 5.97 Å². The molecule has 4 heteroatoms. The number of benzene rings is 2. The monoisotopic (exact) mass is 256 g/mol. The Kier molecular flexibility index (Phi) is 3.83. The van der Waals surface area contributed by atoms with Crippen LogP contribution in [0.15, 0.2) is 54.6 Å². The second-order valence-corrected chi connectivity index (χ2v) is 3.81. The first-order valence-electron chi connectivity index (χ1n) is 5.62. The molecule has 0 atom stereocenters. The van der Waals surface area contributed by atoms with Crippen molar-refractivity contribution >= 4 is 12.0 Å². The molecule has 2 aromatic rings. The van der Waals surface area contributed by atoms with Crippen molar-refractivity contribution in [1.29, 1.82) is 0 Å². The summed E-state index contributed by atoms with van der Waals surface area (Å²) in [4.78, 5) is 11.5. The third-order valence-electron chi connectivity index (χ3n) is 2.38. The number of esters is 1. The number of para-hydroxylation sites is 2. The standard InChI is InChI=1S/C15H12O4/c16-12-8-5-11(6-9-12)7-10-15(18)19-14-4-2-1-3-13(14)17/h1-10,16-17H/b10-7+. The normalized spacial score (nSPS) is 10.5. The summed E-state index contributed by atoms with van der Waals surface area (Å²) < 4.78 is 4.97. The minimum atomic E-state index is -0.588. The van der Waals surface area contributed by atoms with Crippen LogP contribution in [0.25, 0.3) is 6.08 Å². The number of ether oxygens (including phenoxy) is 1. The van der Waals surface area contributed by atoms with E-state index in [0.717, 1.165) is 5.56 Å². The smallest absolute Gasteiger partial charge is 0.336 e. The highest BCUT2D eigenvalue weighted by molar-refractivity contribution is 5.89. The van der Waals surface area contributed by atoms with E-state index in [1.165, 1.54) is 30.3 Å².